The molecule has 0 saturated carbocycles. The Bertz CT molecular complexity index is 711. The molecule has 3 heteroatoms. The van der Waals surface area contributed by atoms with E-state index in [9.17, 15) is 5.11 Å². The first-order valence-corrected chi connectivity index (χ1v) is 11.0. The Balaban J connectivity index is 0.000000921. The number of nitrogens with one attached hydrogen (secondary N) is 1. The molecule has 156 valence electrons. The Morgan fingerprint density at radius 3 is 2.46 bits per heavy atom. The molecule has 2 aliphatic rings. The maximum Gasteiger partial charge on any atom is 0.176 e. The molecule has 1 fully saturated rings. The Kier molecular flexibility index (Phi) is 10.7. The van der Waals surface area contributed by atoms with Gasteiger partial charge in [-0.1, -0.05) is 64.8 Å². The van der Waals surface area contributed by atoms with E-state index in [0.717, 1.165) is 36.3 Å². The van der Waals surface area contributed by atoms with E-state index in [0.29, 0.717) is 11.8 Å². The third kappa shape index (κ3) is 5.29. The zero-order chi connectivity index (χ0) is 21.1. The van der Waals surface area contributed by atoms with Gasteiger partial charge in [-0.25, -0.2) is 0 Å². The molecule has 2 N–H and O–H groups in total. The monoisotopic (exact) mass is 385 g/mol. The van der Waals surface area contributed by atoms with Gasteiger partial charge in [0.2, 0.25) is 0 Å². The molecule has 2 heterocycles. The van der Waals surface area contributed by atoms with E-state index >= 15 is 0 Å². The number of aromatic hydroxyl groups is 1. The highest BCUT2D eigenvalue weighted by Crippen LogP contribution is 2.48. The predicted octanol–water partition coefficient (Wildman–Crippen LogP) is 6.99. The summed E-state index contributed by atoms with van der Waals surface area (Å²) in [4.78, 5) is 0. The van der Waals surface area contributed by atoms with Crippen LogP contribution in [0.25, 0.3) is 5.57 Å². The minimum Gasteiger partial charge on any atom is -0.504 e. The molecule has 0 amide bonds. The van der Waals surface area contributed by atoms with Gasteiger partial charge in [-0.2, -0.15) is 0 Å². The van der Waals surface area contributed by atoms with Crippen LogP contribution in [0.3, 0.4) is 0 Å². The molecule has 3 nitrogen and oxygen atoms in total. The molecule has 0 radical (unpaired) electrons. The summed E-state index contributed by atoms with van der Waals surface area (Å²) < 4.78 is 6.00. The maximum atomic E-state index is 10.3. The number of piperidine rings is 1. The van der Waals surface area contributed by atoms with Gasteiger partial charge in [-0.3, -0.25) is 0 Å². The van der Waals surface area contributed by atoms with E-state index in [2.05, 4.69) is 31.3 Å². The minimum atomic E-state index is 0.208. The van der Waals surface area contributed by atoms with E-state index in [1.807, 2.05) is 46.8 Å². The summed E-state index contributed by atoms with van der Waals surface area (Å²) in [5.74, 6) is 1.63. The van der Waals surface area contributed by atoms with Gasteiger partial charge >= 0.3 is 0 Å². The fourth-order valence-corrected chi connectivity index (χ4v) is 3.82. The summed E-state index contributed by atoms with van der Waals surface area (Å²) in [5, 5.41) is 13.9. The molecule has 0 spiro atoms. The van der Waals surface area contributed by atoms with Crippen molar-refractivity contribution >= 4 is 5.57 Å². The normalized spacial score (nSPS) is 23.8. The van der Waals surface area contributed by atoms with Gasteiger partial charge in [0.1, 0.15) is 5.76 Å². The van der Waals surface area contributed by atoms with Gasteiger partial charge in [0.25, 0.3) is 0 Å². The minimum absolute atomic E-state index is 0.208. The van der Waals surface area contributed by atoms with Crippen LogP contribution in [0, 0.1) is 0 Å². The molecule has 28 heavy (non-hydrogen) atoms. The van der Waals surface area contributed by atoms with Gasteiger partial charge in [0.05, 0.1) is 0 Å². The first-order chi connectivity index (χ1) is 13.7. The number of benzene rings is 1. The van der Waals surface area contributed by atoms with Crippen molar-refractivity contribution in [3.05, 3.63) is 52.8 Å². The average Bonchev–Trinajstić information content (AvgIpc) is 2.76. The lowest BCUT2D eigenvalue weighted by Crippen LogP contribution is -2.35. The third-order valence-electron chi connectivity index (χ3n) is 4.90. The summed E-state index contributed by atoms with van der Waals surface area (Å²) in [5.41, 5.74) is 4.88. The lowest BCUT2D eigenvalue weighted by Gasteiger charge is -2.32. The molecule has 1 unspecified atom stereocenters. The molecule has 0 bridgehead atoms. The smallest absolute Gasteiger partial charge is 0.176 e. The van der Waals surface area contributed by atoms with Crippen LogP contribution in [0.5, 0.6) is 11.5 Å². The Morgan fingerprint density at radius 2 is 1.86 bits per heavy atom. The summed E-state index contributed by atoms with van der Waals surface area (Å²) in [6, 6.07) is 6.19. The zero-order valence-electron chi connectivity index (χ0n) is 18.9. The van der Waals surface area contributed by atoms with E-state index < -0.39 is 0 Å². The van der Waals surface area contributed by atoms with Crippen molar-refractivity contribution in [1.29, 1.82) is 0 Å². The van der Waals surface area contributed by atoms with Gasteiger partial charge in [-0.05, 0) is 57.4 Å². The highest BCUT2D eigenvalue weighted by atomic mass is 16.5. The summed E-state index contributed by atoms with van der Waals surface area (Å²) >= 11 is 0. The van der Waals surface area contributed by atoms with Crippen LogP contribution in [0.2, 0.25) is 0 Å². The number of hydrogen-bond acceptors (Lipinski definition) is 3. The average molecular weight is 386 g/mol. The predicted molar refractivity (Wildman–Crippen MR) is 122 cm³/mol. The third-order valence-corrected chi connectivity index (χ3v) is 4.90. The molecule has 2 aliphatic heterocycles. The van der Waals surface area contributed by atoms with Crippen molar-refractivity contribution in [3.63, 3.8) is 0 Å². The second-order valence-corrected chi connectivity index (χ2v) is 6.48. The molecule has 0 aromatic heterocycles. The summed E-state index contributed by atoms with van der Waals surface area (Å²) in [7, 11) is 0. The van der Waals surface area contributed by atoms with Gasteiger partial charge in [0, 0.05) is 17.2 Å². The molecule has 1 aromatic carbocycles. The van der Waals surface area contributed by atoms with Crippen molar-refractivity contribution in [1.82, 2.24) is 5.32 Å². The van der Waals surface area contributed by atoms with Crippen molar-refractivity contribution in [3.8, 4) is 11.5 Å². The number of phenolic OH excluding ortho intramolecular Hbond substituents is 1. The number of ether oxygens (including phenoxy) is 1. The van der Waals surface area contributed by atoms with Crippen LogP contribution < -0.4 is 10.1 Å². The Hall–Kier alpha value is -2.00. The second kappa shape index (κ2) is 12.5. The standard InChI is InChI=1S/C21H27NO2.2C2H6/c1-4-8-15-13-14(11-12-22-15)20-16(5-2)19(6-3)24-21-17(20)9-7-10-18(21)23;2*1-2/h5-7,9-10,15,22-23H,4,8,11-13H2,1-3H3;2*1-2H3/b16-5+,19-6+,20-14+;;. The first-order valence-electron chi connectivity index (χ1n) is 11.0. The van der Waals surface area contributed by atoms with E-state index in [-0.39, 0.29) is 5.75 Å². The molecular formula is C25H39NO2. The fraction of sp³-hybridized carbons (Fsp3) is 0.520. The van der Waals surface area contributed by atoms with Crippen LogP contribution in [-0.4, -0.2) is 17.7 Å². The topological polar surface area (TPSA) is 41.5 Å². The molecule has 3 rings (SSSR count). The molecule has 1 saturated heterocycles. The number of phenols is 1. The SMILES string of the molecule is C/C=C1C(=C/C)\Oc2c(O)cccc2C\1=C1/CCNC(CCC)C1.CC.CC. The van der Waals surface area contributed by atoms with Crippen molar-refractivity contribution in [2.75, 3.05) is 6.54 Å². The quantitative estimate of drug-likeness (QED) is 0.576. The van der Waals surface area contributed by atoms with Crippen molar-refractivity contribution in [2.24, 2.45) is 0 Å². The first kappa shape index (κ1) is 24.0. The van der Waals surface area contributed by atoms with Crippen LogP contribution in [0.1, 0.15) is 79.7 Å². The highest BCUT2D eigenvalue weighted by Gasteiger charge is 2.30. The molecule has 1 atom stereocenters. The van der Waals surface area contributed by atoms with E-state index in [1.165, 1.54) is 24.0 Å². The maximum absolute atomic E-state index is 10.3. The second-order valence-electron chi connectivity index (χ2n) is 6.48. The van der Waals surface area contributed by atoms with Crippen molar-refractivity contribution < 1.29 is 9.84 Å². The lowest BCUT2D eigenvalue weighted by atomic mass is 9.83. The van der Waals surface area contributed by atoms with E-state index in [1.54, 1.807) is 6.07 Å². The number of para-hydroxylation sites is 1. The largest absolute Gasteiger partial charge is 0.504 e. The summed E-state index contributed by atoms with van der Waals surface area (Å²) in [6.07, 6.45) is 8.60. The van der Waals surface area contributed by atoms with Crippen LogP contribution >= 0.6 is 0 Å². The number of hydrogen-bond donors (Lipinski definition) is 2. The van der Waals surface area contributed by atoms with Gasteiger partial charge < -0.3 is 15.2 Å². The van der Waals surface area contributed by atoms with Gasteiger partial charge in [-0.15, -0.1) is 0 Å². The molecular weight excluding hydrogens is 346 g/mol. The van der Waals surface area contributed by atoms with Gasteiger partial charge in [0.15, 0.2) is 11.5 Å². The Morgan fingerprint density at radius 1 is 1.14 bits per heavy atom. The zero-order valence-corrected chi connectivity index (χ0v) is 18.9. The van der Waals surface area contributed by atoms with Crippen molar-refractivity contribution in [2.45, 2.75) is 80.2 Å². The number of allylic oxidation sites excluding steroid dienone is 3. The number of rotatable bonds is 2. The van der Waals surface area contributed by atoms with Crippen LogP contribution in [-0.2, 0) is 0 Å². The van der Waals surface area contributed by atoms with Crippen LogP contribution in [0.4, 0.5) is 0 Å². The van der Waals surface area contributed by atoms with Crippen LogP contribution in [0.15, 0.2) is 47.3 Å². The molecule has 0 aliphatic carbocycles. The lowest BCUT2D eigenvalue weighted by molar-refractivity contribution is 0.382. The summed E-state index contributed by atoms with van der Waals surface area (Å²) in [6.45, 7) is 15.3. The number of fused-ring (bicyclic) bond motifs is 1. The fourth-order valence-electron chi connectivity index (χ4n) is 3.82. The van der Waals surface area contributed by atoms with E-state index in [4.69, 9.17) is 4.74 Å². The molecule has 1 aromatic rings. The highest BCUT2D eigenvalue weighted by molar-refractivity contribution is 5.91. The Labute approximate surface area is 172 Å².